The average Bonchev–Trinajstić information content (AvgIpc) is 2.81. The fraction of sp³-hybridized carbons (Fsp3) is 0.286. The van der Waals surface area contributed by atoms with Crippen molar-refractivity contribution >= 4 is 5.97 Å². The van der Waals surface area contributed by atoms with Crippen molar-refractivity contribution in [1.29, 1.82) is 0 Å². The van der Waals surface area contributed by atoms with Gasteiger partial charge < -0.3 is 14.8 Å². The number of aliphatic hydroxyl groups excluding tert-OH is 1. The van der Waals surface area contributed by atoms with Gasteiger partial charge in [0.15, 0.2) is 0 Å². The van der Waals surface area contributed by atoms with Crippen molar-refractivity contribution in [1.82, 2.24) is 9.55 Å². The molecule has 0 saturated carbocycles. The van der Waals surface area contributed by atoms with Gasteiger partial charge in [-0.3, -0.25) is 0 Å². The molecule has 1 aliphatic heterocycles. The molecule has 5 nitrogen and oxygen atoms in total. The Balaban J connectivity index is 1.99. The molecule has 1 atom stereocenters. The lowest BCUT2D eigenvalue weighted by atomic mass is 10.1. The molecule has 2 N–H and O–H groups in total. The highest BCUT2D eigenvalue weighted by molar-refractivity contribution is 5.89. The van der Waals surface area contributed by atoms with Crippen LogP contribution in [0.3, 0.4) is 0 Å². The first-order valence-electron chi connectivity index (χ1n) is 6.21. The number of aromatic carboxylic acids is 1. The summed E-state index contributed by atoms with van der Waals surface area (Å²) in [6, 6.07) is 6.74. The molecule has 0 spiro atoms. The van der Waals surface area contributed by atoms with Gasteiger partial charge in [0.2, 0.25) is 0 Å². The topological polar surface area (TPSA) is 75.3 Å². The number of nitrogens with zero attached hydrogens (tertiary/aromatic N) is 2. The number of benzene rings is 1. The van der Waals surface area contributed by atoms with Crippen LogP contribution in [0.15, 0.2) is 30.5 Å². The number of carboxylic acid groups (broad SMARTS) is 1. The third-order valence-corrected chi connectivity index (χ3v) is 3.39. The Labute approximate surface area is 110 Å². The fourth-order valence-corrected chi connectivity index (χ4v) is 2.36. The number of aliphatic hydroxyl groups is 1. The standard InChI is InChI=1S/C14H14N2O3/c17-11-4-5-16-8-12(15-13(16)7-11)9-2-1-3-10(6-9)14(18)19/h1-3,6,8,11,17H,4-5,7H2,(H,18,19). The van der Waals surface area contributed by atoms with Crippen LogP contribution in [0, 0.1) is 0 Å². The summed E-state index contributed by atoms with van der Waals surface area (Å²) in [6.07, 6.45) is 2.88. The molecule has 1 aromatic heterocycles. The van der Waals surface area contributed by atoms with Crippen molar-refractivity contribution < 1.29 is 15.0 Å². The van der Waals surface area contributed by atoms with Gasteiger partial charge in [0, 0.05) is 24.7 Å². The molecule has 0 aliphatic carbocycles. The number of carbonyl (C=O) groups is 1. The van der Waals surface area contributed by atoms with E-state index in [4.69, 9.17) is 5.11 Å². The molecule has 0 amide bonds. The maximum atomic E-state index is 11.0. The Kier molecular flexibility index (Phi) is 2.83. The molecule has 0 radical (unpaired) electrons. The van der Waals surface area contributed by atoms with Crippen molar-refractivity contribution in [3.63, 3.8) is 0 Å². The van der Waals surface area contributed by atoms with Gasteiger partial charge in [0.05, 0.1) is 17.4 Å². The Bertz CT molecular complexity index is 633. The van der Waals surface area contributed by atoms with Gasteiger partial charge in [-0.15, -0.1) is 0 Å². The molecule has 98 valence electrons. The lowest BCUT2D eigenvalue weighted by Gasteiger charge is -2.18. The fourth-order valence-electron chi connectivity index (χ4n) is 2.36. The lowest BCUT2D eigenvalue weighted by Crippen LogP contribution is -2.22. The minimum atomic E-state index is -0.943. The normalized spacial score (nSPS) is 18.1. The number of imidazole rings is 1. The summed E-state index contributed by atoms with van der Waals surface area (Å²) in [7, 11) is 0. The van der Waals surface area contributed by atoms with E-state index >= 15 is 0 Å². The second-order valence-electron chi connectivity index (χ2n) is 4.77. The van der Waals surface area contributed by atoms with Crippen LogP contribution in [-0.2, 0) is 13.0 Å². The molecule has 2 aromatic rings. The second-order valence-corrected chi connectivity index (χ2v) is 4.77. The van der Waals surface area contributed by atoms with Gasteiger partial charge in [-0.05, 0) is 18.6 Å². The minimum Gasteiger partial charge on any atom is -0.478 e. The first-order valence-corrected chi connectivity index (χ1v) is 6.21. The van der Waals surface area contributed by atoms with Crippen molar-refractivity contribution in [3.05, 3.63) is 41.9 Å². The molecule has 5 heteroatoms. The Morgan fingerprint density at radius 2 is 2.26 bits per heavy atom. The molecule has 0 bridgehead atoms. The van der Waals surface area contributed by atoms with E-state index in [1.807, 2.05) is 16.8 Å². The molecular weight excluding hydrogens is 244 g/mol. The van der Waals surface area contributed by atoms with Crippen molar-refractivity contribution in [2.45, 2.75) is 25.5 Å². The van der Waals surface area contributed by atoms with Gasteiger partial charge in [0.1, 0.15) is 5.82 Å². The SMILES string of the molecule is O=C(O)c1cccc(-c2cn3c(n2)CC(O)CC3)c1. The van der Waals surface area contributed by atoms with E-state index in [0.717, 1.165) is 30.0 Å². The zero-order chi connectivity index (χ0) is 13.4. The Morgan fingerprint density at radius 3 is 3.05 bits per heavy atom. The third-order valence-electron chi connectivity index (χ3n) is 3.39. The summed E-state index contributed by atoms with van der Waals surface area (Å²) in [4.78, 5) is 15.4. The Hall–Kier alpha value is -2.14. The molecule has 19 heavy (non-hydrogen) atoms. The van der Waals surface area contributed by atoms with E-state index in [-0.39, 0.29) is 11.7 Å². The summed E-state index contributed by atoms with van der Waals surface area (Å²) in [6.45, 7) is 0.752. The summed E-state index contributed by atoms with van der Waals surface area (Å²) in [5, 5.41) is 18.6. The van der Waals surface area contributed by atoms with E-state index in [1.165, 1.54) is 0 Å². The predicted molar refractivity (Wildman–Crippen MR) is 69.0 cm³/mol. The summed E-state index contributed by atoms with van der Waals surface area (Å²) < 4.78 is 2.02. The molecule has 1 aromatic carbocycles. The van der Waals surface area contributed by atoms with Crippen LogP contribution in [0.1, 0.15) is 22.6 Å². The highest BCUT2D eigenvalue weighted by Gasteiger charge is 2.19. The maximum absolute atomic E-state index is 11.0. The molecule has 0 saturated heterocycles. The number of hydrogen-bond acceptors (Lipinski definition) is 3. The molecule has 1 aliphatic rings. The molecule has 3 rings (SSSR count). The van der Waals surface area contributed by atoms with Crippen LogP contribution >= 0.6 is 0 Å². The zero-order valence-corrected chi connectivity index (χ0v) is 10.3. The molecular formula is C14H14N2O3. The number of aryl methyl sites for hydroxylation is 1. The van der Waals surface area contributed by atoms with Crippen LogP contribution in [0.2, 0.25) is 0 Å². The summed E-state index contributed by atoms with van der Waals surface area (Å²) in [5.41, 5.74) is 1.80. The van der Waals surface area contributed by atoms with E-state index < -0.39 is 5.97 Å². The lowest BCUT2D eigenvalue weighted by molar-refractivity contribution is 0.0697. The average molecular weight is 258 g/mol. The predicted octanol–water partition coefficient (Wildman–Crippen LogP) is 1.56. The van der Waals surface area contributed by atoms with Gasteiger partial charge in [-0.25, -0.2) is 9.78 Å². The zero-order valence-electron chi connectivity index (χ0n) is 10.3. The van der Waals surface area contributed by atoms with Crippen LogP contribution < -0.4 is 0 Å². The number of carboxylic acids is 1. The third kappa shape index (κ3) is 2.24. The molecule has 0 fully saturated rings. The number of fused-ring (bicyclic) bond motifs is 1. The van der Waals surface area contributed by atoms with Gasteiger partial charge in [0.25, 0.3) is 0 Å². The molecule has 1 unspecified atom stereocenters. The number of rotatable bonds is 2. The van der Waals surface area contributed by atoms with Crippen LogP contribution in [0.25, 0.3) is 11.3 Å². The molecule has 2 heterocycles. The minimum absolute atomic E-state index is 0.253. The largest absolute Gasteiger partial charge is 0.478 e. The van der Waals surface area contributed by atoms with Crippen molar-refractivity contribution in [2.75, 3.05) is 0 Å². The smallest absolute Gasteiger partial charge is 0.335 e. The van der Waals surface area contributed by atoms with Gasteiger partial charge in [-0.2, -0.15) is 0 Å². The summed E-state index contributed by atoms with van der Waals surface area (Å²) in [5.74, 6) is -0.0873. The van der Waals surface area contributed by atoms with E-state index in [0.29, 0.717) is 6.42 Å². The number of hydrogen-bond donors (Lipinski definition) is 2. The van der Waals surface area contributed by atoms with Gasteiger partial charge in [-0.1, -0.05) is 12.1 Å². The van der Waals surface area contributed by atoms with E-state index in [2.05, 4.69) is 4.98 Å². The van der Waals surface area contributed by atoms with Crippen molar-refractivity contribution in [2.24, 2.45) is 0 Å². The van der Waals surface area contributed by atoms with Crippen LogP contribution in [0.5, 0.6) is 0 Å². The first kappa shape index (κ1) is 11.9. The number of aromatic nitrogens is 2. The highest BCUT2D eigenvalue weighted by Crippen LogP contribution is 2.23. The monoisotopic (exact) mass is 258 g/mol. The Morgan fingerprint density at radius 1 is 1.42 bits per heavy atom. The van der Waals surface area contributed by atoms with Crippen molar-refractivity contribution in [3.8, 4) is 11.3 Å². The second kappa shape index (κ2) is 4.51. The van der Waals surface area contributed by atoms with E-state index in [9.17, 15) is 9.90 Å². The van der Waals surface area contributed by atoms with Crippen LogP contribution in [-0.4, -0.2) is 31.8 Å². The first-order chi connectivity index (χ1) is 9.13. The summed E-state index contributed by atoms with van der Waals surface area (Å²) >= 11 is 0. The van der Waals surface area contributed by atoms with Gasteiger partial charge >= 0.3 is 5.97 Å². The maximum Gasteiger partial charge on any atom is 0.335 e. The highest BCUT2D eigenvalue weighted by atomic mass is 16.4. The quantitative estimate of drug-likeness (QED) is 0.857. The van der Waals surface area contributed by atoms with E-state index in [1.54, 1.807) is 18.2 Å². The van der Waals surface area contributed by atoms with Crippen LogP contribution in [0.4, 0.5) is 0 Å².